The Bertz CT molecular complexity index is 1330. The van der Waals surface area contributed by atoms with Gasteiger partial charge in [0.25, 0.3) is 5.91 Å². The average Bonchev–Trinajstić information content (AvgIpc) is 3.40. The molecule has 1 aromatic carbocycles. The average molecular weight is 627 g/mol. The number of carbonyl (C=O) groups is 2. The summed E-state index contributed by atoms with van der Waals surface area (Å²) in [7, 11) is 0. The number of amides is 1. The van der Waals surface area contributed by atoms with Crippen molar-refractivity contribution in [3.05, 3.63) is 41.6 Å². The molecule has 2 aromatic rings. The van der Waals surface area contributed by atoms with Crippen LogP contribution in [0.1, 0.15) is 62.7 Å². The van der Waals surface area contributed by atoms with Crippen molar-refractivity contribution in [2.75, 3.05) is 72.5 Å². The number of rotatable bonds is 19. The monoisotopic (exact) mass is 626 g/mol. The van der Waals surface area contributed by atoms with Crippen LogP contribution in [0.5, 0.6) is 0 Å². The van der Waals surface area contributed by atoms with E-state index in [9.17, 15) is 9.59 Å². The number of piperidine rings is 1. The first-order valence-electron chi connectivity index (χ1n) is 16.7. The van der Waals surface area contributed by atoms with Crippen molar-refractivity contribution >= 4 is 28.5 Å². The maximum atomic E-state index is 14.2. The second-order valence-electron chi connectivity index (χ2n) is 12.2. The molecule has 3 aliphatic heterocycles. The van der Waals surface area contributed by atoms with Crippen molar-refractivity contribution in [3.63, 3.8) is 0 Å². The van der Waals surface area contributed by atoms with Gasteiger partial charge in [-0.3, -0.25) is 9.69 Å². The molecule has 5 rings (SSSR count). The molecule has 0 bridgehead atoms. The highest BCUT2D eigenvalue weighted by Crippen LogP contribution is 2.57. The smallest absolute Gasteiger partial charge is 0.328 e. The highest BCUT2D eigenvalue weighted by molar-refractivity contribution is 6.17. The summed E-state index contributed by atoms with van der Waals surface area (Å²) >= 11 is 0. The number of esters is 1. The minimum atomic E-state index is -0.789. The summed E-state index contributed by atoms with van der Waals surface area (Å²) in [5, 5.41) is 13.0. The van der Waals surface area contributed by atoms with Crippen molar-refractivity contribution in [1.29, 1.82) is 0 Å². The molecule has 4 heterocycles. The SMILES string of the molecule is CC[C@@]12C=C(C(=O)N[C@@H](CCCCN)C(=O)OCCOCCOCCOCCO)n3c4c(c5ccccc53)CCN(CCC1)[C@H]42. The Labute approximate surface area is 266 Å². The lowest BCUT2D eigenvalue weighted by molar-refractivity contribution is -0.149. The third-order valence-electron chi connectivity index (χ3n) is 9.47. The van der Waals surface area contributed by atoms with E-state index in [1.165, 1.54) is 16.6 Å². The lowest BCUT2D eigenvalue weighted by atomic mass is 9.66. The number of hydrogen-bond donors (Lipinski definition) is 3. The summed E-state index contributed by atoms with van der Waals surface area (Å²) in [6.07, 6.45) is 8.16. The molecule has 11 nitrogen and oxygen atoms in total. The summed E-state index contributed by atoms with van der Waals surface area (Å²) in [5.74, 6) is -0.720. The minimum absolute atomic E-state index is 0.0117. The molecule has 4 N–H and O–H groups in total. The fourth-order valence-corrected chi connectivity index (χ4v) is 7.33. The van der Waals surface area contributed by atoms with Gasteiger partial charge in [0.05, 0.1) is 57.8 Å². The first-order chi connectivity index (χ1) is 22.0. The number of aromatic nitrogens is 1. The standard InChI is InChI=1S/C34H50N4O7/c1-2-34-12-7-14-37-15-11-26-25-8-3-4-10-28(25)38(30(26)31(34)37)29(24-34)32(40)36-27(9-5-6-13-35)33(41)45-23-22-44-21-20-43-19-18-42-17-16-39/h3-4,8,10,24,27,31,39H,2,5-7,9,11-23,35H2,1H3,(H,36,40)/t27-,31+,34-/m0/s1. The molecule has 1 aromatic heterocycles. The number of carbonyl (C=O) groups excluding carboxylic acids is 2. The minimum Gasteiger partial charge on any atom is -0.462 e. The van der Waals surface area contributed by atoms with Gasteiger partial charge in [-0.1, -0.05) is 25.1 Å². The van der Waals surface area contributed by atoms with Gasteiger partial charge in [0.15, 0.2) is 0 Å². The second kappa shape index (κ2) is 16.2. The van der Waals surface area contributed by atoms with Gasteiger partial charge in [-0.2, -0.15) is 0 Å². The molecule has 0 aliphatic carbocycles. The molecule has 3 atom stereocenters. The van der Waals surface area contributed by atoms with E-state index in [0.717, 1.165) is 50.7 Å². The van der Waals surface area contributed by atoms with Gasteiger partial charge in [0, 0.05) is 23.0 Å². The third kappa shape index (κ3) is 7.45. The first kappa shape index (κ1) is 33.6. The van der Waals surface area contributed by atoms with E-state index >= 15 is 0 Å². The zero-order valence-electron chi connectivity index (χ0n) is 26.6. The van der Waals surface area contributed by atoms with Gasteiger partial charge in [-0.15, -0.1) is 0 Å². The predicted molar refractivity (Wildman–Crippen MR) is 172 cm³/mol. The van der Waals surface area contributed by atoms with E-state index < -0.39 is 12.0 Å². The topological polar surface area (TPSA) is 138 Å². The van der Waals surface area contributed by atoms with Crippen LogP contribution in [0.15, 0.2) is 30.3 Å². The Morgan fingerprint density at radius 3 is 2.51 bits per heavy atom. The summed E-state index contributed by atoms with van der Waals surface area (Å²) in [6, 6.07) is 7.84. The molecule has 1 fully saturated rings. The molecule has 1 saturated heterocycles. The molecule has 45 heavy (non-hydrogen) atoms. The zero-order chi connectivity index (χ0) is 31.6. The lowest BCUT2D eigenvalue weighted by Crippen LogP contribution is -2.52. The van der Waals surface area contributed by atoms with Crippen LogP contribution in [0.4, 0.5) is 0 Å². The van der Waals surface area contributed by atoms with Crippen LogP contribution in [-0.2, 0) is 35.0 Å². The highest BCUT2D eigenvalue weighted by Gasteiger charge is 2.51. The predicted octanol–water partition coefficient (Wildman–Crippen LogP) is 2.78. The van der Waals surface area contributed by atoms with Crippen molar-refractivity contribution in [2.45, 2.75) is 64.0 Å². The van der Waals surface area contributed by atoms with Crippen molar-refractivity contribution in [3.8, 4) is 0 Å². The number of nitrogens with zero attached hydrogens (tertiary/aromatic N) is 2. The number of fused-ring (bicyclic) bond motifs is 3. The van der Waals surface area contributed by atoms with Gasteiger partial charge >= 0.3 is 5.97 Å². The molecular weight excluding hydrogens is 576 g/mol. The molecule has 0 saturated carbocycles. The van der Waals surface area contributed by atoms with Gasteiger partial charge in [-0.05, 0) is 75.7 Å². The molecule has 0 spiro atoms. The Balaban J connectivity index is 1.27. The summed E-state index contributed by atoms with van der Waals surface area (Å²) in [5.41, 5.74) is 9.86. The van der Waals surface area contributed by atoms with Crippen molar-refractivity contribution < 1.29 is 33.6 Å². The van der Waals surface area contributed by atoms with Gasteiger partial charge < -0.3 is 39.7 Å². The Kier molecular flexibility index (Phi) is 12.0. The number of para-hydroxylation sites is 1. The van der Waals surface area contributed by atoms with Crippen LogP contribution in [0.3, 0.4) is 0 Å². The van der Waals surface area contributed by atoms with Gasteiger partial charge in [0.2, 0.25) is 0 Å². The first-order valence-corrected chi connectivity index (χ1v) is 16.7. The van der Waals surface area contributed by atoms with E-state index in [0.29, 0.717) is 58.1 Å². The second-order valence-corrected chi connectivity index (χ2v) is 12.2. The summed E-state index contributed by atoms with van der Waals surface area (Å²) in [4.78, 5) is 30.1. The summed E-state index contributed by atoms with van der Waals surface area (Å²) < 4.78 is 23.8. The molecule has 0 unspecified atom stereocenters. The number of nitrogens with two attached hydrogens (primary N) is 1. The van der Waals surface area contributed by atoms with Crippen LogP contribution in [0, 0.1) is 5.41 Å². The van der Waals surface area contributed by atoms with Crippen molar-refractivity contribution in [1.82, 2.24) is 14.8 Å². The molecule has 3 aliphatic rings. The van der Waals surface area contributed by atoms with Crippen LogP contribution < -0.4 is 11.1 Å². The number of unbranched alkanes of at least 4 members (excludes halogenated alkanes) is 1. The molecule has 1 amide bonds. The zero-order valence-corrected chi connectivity index (χ0v) is 26.6. The Hall–Kier alpha value is -2.80. The Morgan fingerprint density at radius 1 is 1.04 bits per heavy atom. The van der Waals surface area contributed by atoms with Crippen molar-refractivity contribution in [2.24, 2.45) is 11.1 Å². The number of nitrogens with one attached hydrogen (secondary N) is 1. The van der Waals surface area contributed by atoms with E-state index in [4.69, 9.17) is 29.8 Å². The van der Waals surface area contributed by atoms with E-state index in [1.807, 2.05) is 6.07 Å². The van der Waals surface area contributed by atoms with E-state index in [1.54, 1.807) is 0 Å². The maximum Gasteiger partial charge on any atom is 0.328 e. The van der Waals surface area contributed by atoms with E-state index in [-0.39, 0.29) is 37.2 Å². The largest absolute Gasteiger partial charge is 0.462 e. The van der Waals surface area contributed by atoms with E-state index in [2.05, 4.69) is 46.0 Å². The van der Waals surface area contributed by atoms with Crippen LogP contribution in [0.25, 0.3) is 16.6 Å². The number of hydrogen-bond acceptors (Lipinski definition) is 9. The third-order valence-corrected chi connectivity index (χ3v) is 9.47. The van der Waals surface area contributed by atoms with Gasteiger partial charge in [0.1, 0.15) is 18.3 Å². The molecule has 11 heteroatoms. The molecule has 0 radical (unpaired) electrons. The lowest BCUT2D eigenvalue weighted by Gasteiger charge is -2.53. The normalized spacial score (nSPS) is 21.3. The maximum absolute atomic E-state index is 14.2. The van der Waals surface area contributed by atoms with Crippen LogP contribution >= 0.6 is 0 Å². The number of aliphatic hydroxyl groups is 1. The van der Waals surface area contributed by atoms with Crippen LogP contribution in [0.2, 0.25) is 0 Å². The molecule has 248 valence electrons. The fourth-order valence-electron chi connectivity index (χ4n) is 7.33. The Morgan fingerprint density at radius 2 is 1.78 bits per heavy atom. The quantitative estimate of drug-likeness (QED) is 0.159. The number of ether oxygens (including phenoxy) is 4. The molecular formula is C34H50N4O7. The highest BCUT2D eigenvalue weighted by atomic mass is 16.6. The summed E-state index contributed by atoms with van der Waals surface area (Å²) in [6.45, 7) is 7.02. The number of benzene rings is 1. The van der Waals surface area contributed by atoms with Crippen LogP contribution in [-0.4, -0.2) is 105 Å². The fraction of sp³-hybridized carbons (Fsp3) is 0.647. The number of aliphatic hydroxyl groups excluding tert-OH is 1. The van der Waals surface area contributed by atoms with Gasteiger partial charge in [-0.25, -0.2) is 4.79 Å².